The van der Waals surface area contributed by atoms with Gasteiger partial charge in [-0.3, -0.25) is 13.8 Å². The number of rotatable bonds is 43. The minimum absolute atomic E-state index is 0.0907. The molecule has 9 heteroatoms. The Morgan fingerprint density at radius 1 is 0.556 bits per heavy atom. The summed E-state index contributed by atoms with van der Waals surface area (Å²) in [6, 6.07) is 0. The van der Waals surface area contributed by atoms with Gasteiger partial charge in [-0.1, -0.05) is 180 Å². The largest absolute Gasteiger partial charge is 0.472 e. The molecule has 322 valence electrons. The SMILES string of the molecule is CCCCCCCCC/C=C\CCCCCCCCOCC(COP(=O)(O)OCC[N+](C)(C)C)OC(=O)CCCCCCCCCCCCCCCCC. The van der Waals surface area contributed by atoms with Crippen LogP contribution in [0.1, 0.15) is 213 Å². The third-order valence-corrected chi connectivity index (χ3v) is 11.1. The lowest BCUT2D eigenvalue weighted by molar-refractivity contribution is -0.870. The Bertz CT molecular complexity index is 879. The van der Waals surface area contributed by atoms with Crippen molar-refractivity contribution in [3.05, 3.63) is 12.2 Å². The molecule has 0 aromatic heterocycles. The zero-order chi connectivity index (χ0) is 39.9. The number of hydrogen-bond donors (Lipinski definition) is 1. The molecule has 0 heterocycles. The Kier molecular flexibility index (Phi) is 38.5. The lowest BCUT2D eigenvalue weighted by Crippen LogP contribution is -2.37. The second-order valence-corrected chi connectivity index (χ2v) is 18.2. The van der Waals surface area contributed by atoms with Gasteiger partial charge in [-0.15, -0.1) is 0 Å². The van der Waals surface area contributed by atoms with E-state index < -0.39 is 13.9 Å². The van der Waals surface area contributed by atoms with Crippen molar-refractivity contribution in [2.75, 3.05) is 54.1 Å². The Labute approximate surface area is 335 Å². The van der Waals surface area contributed by atoms with Gasteiger partial charge in [-0.2, -0.15) is 0 Å². The number of quaternary nitrogens is 1. The van der Waals surface area contributed by atoms with Gasteiger partial charge in [0.25, 0.3) is 0 Å². The lowest BCUT2D eigenvalue weighted by atomic mass is 10.0. The third-order valence-electron chi connectivity index (χ3n) is 10.1. The van der Waals surface area contributed by atoms with Crippen molar-refractivity contribution in [1.29, 1.82) is 0 Å². The molecule has 0 aromatic carbocycles. The van der Waals surface area contributed by atoms with Gasteiger partial charge in [0.1, 0.15) is 19.3 Å². The highest BCUT2D eigenvalue weighted by Crippen LogP contribution is 2.43. The number of carbonyl (C=O) groups excluding carboxylic acids is 1. The standard InChI is InChI=1S/C45H90NO7P/c1-6-8-10-12-14-16-18-20-22-23-25-27-29-31-33-35-37-40-50-42-44(43-52-54(48,49)51-41-39-46(3,4)5)53-45(47)38-36-34-32-30-28-26-24-21-19-17-15-13-11-9-7-2/h22-23,44H,6-21,24-43H2,1-5H3/p+1/b23-22-. The number of allylic oxidation sites excluding steroid dienone is 2. The molecule has 0 bridgehead atoms. The molecule has 8 nitrogen and oxygen atoms in total. The monoisotopic (exact) mass is 789 g/mol. The molecular formula is C45H91NO7P+. The van der Waals surface area contributed by atoms with Crippen molar-refractivity contribution in [2.45, 2.75) is 219 Å². The highest BCUT2D eigenvalue weighted by atomic mass is 31.2. The quantitative estimate of drug-likeness (QED) is 0.0216. The Morgan fingerprint density at radius 2 is 0.963 bits per heavy atom. The summed E-state index contributed by atoms with van der Waals surface area (Å²) in [7, 11) is 1.68. The average Bonchev–Trinajstić information content (AvgIpc) is 3.12. The van der Waals surface area contributed by atoms with E-state index in [-0.39, 0.29) is 25.8 Å². The maximum absolute atomic E-state index is 12.7. The van der Waals surface area contributed by atoms with Crippen LogP contribution in [0.5, 0.6) is 0 Å². The van der Waals surface area contributed by atoms with Crippen LogP contribution in [-0.2, 0) is 27.9 Å². The van der Waals surface area contributed by atoms with Gasteiger partial charge < -0.3 is 18.9 Å². The zero-order valence-electron chi connectivity index (χ0n) is 36.5. The number of likely N-dealkylation sites (N-methyl/N-ethyl adjacent to an activating group) is 1. The molecule has 0 rings (SSSR count). The molecule has 2 unspecified atom stereocenters. The summed E-state index contributed by atoms with van der Waals surface area (Å²) >= 11 is 0. The van der Waals surface area contributed by atoms with Gasteiger partial charge >= 0.3 is 13.8 Å². The average molecular weight is 789 g/mol. The number of phosphoric ester groups is 1. The van der Waals surface area contributed by atoms with Crippen LogP contribution in [0.25, 0.3) is 0 Å². The molecule has 0 saturated carbocycles. The fourth-order valence-electron chi connectivity index (χ4n) is 6.49. The molecule has 2 atom stereocenters. The van der Waals surface area contributed by atoms with E-state index in [1.165, 1.54) is 161 Å². The molecule has 0 saturated heterocycles. The first-order chi connectivity index (χ1) is 26.1. The van der Waals surface area contributed by atoms with Crippen LogP contribution >= 0.6 is 7.82 Å². The van der Waals surface area contributed by atoms with Crippen molar-refractivity contribution < 1.29 is 37.3 Å². The van der Waals surface area contributed by atoms with E-state index in [0.29, 0.717) is 24.1 Å². The fourth-order valence-corrected chi connectivity index (χ4v) is 7.23. The molecule has 0 spiro atoms. The minimum Gasteiger partial charge on any atom is -0.457 e. The van der Waals surface area contributed by atoms with E-state index in [1.807, 2.05) is 21.1 Å². The van der Waals surface area contributed by atoms with E-state index in [4.69, 9.17) is 18.5 Å². The maximum Gasteiger partial charge on any atom is 0.472 e. The van der Waals surface area contributed by atoms with Crippen molar-refractivity contribution in [1.82, 2.24) is 0 Å². The summed E-state index contributed by atoms with van der Waals surface area (Å²) in [6.45, 7) is 5.65. The van der Waals surface area contributed by atoms with E-state index in [0.717, 1.165) is 32.1 Å². The van der Waals surface area contributed by atoms with Crippen LogP contribution in [0.4, 0.5) is 0 Å². The van der Waals surface area contributed by atoms with Crippen LogP contribution in [0.2, 0.25) is 0 Å². The van der Waals surface area contributed by atoms with Crippen LogP contribution in [0, 0.1) is 0 Å². The summed E-state index contributed by atoms with van der Waals surface area (Å²) < 4.78 is 35.0. The zero-order valence-corrected chi connectivity index (χ0v) is 37.4. The molecule has 1 N–H and O–H groups in total. The summed E-state index contributed by atoms with van der Waals surface area (Å²) in [6.07, 6.45) is 42.4. The van der Waals surface area contributed by atoms with Gasteiger partial charge in [0.2, 0.25) is 0 Å². The number of carbonyl (C=O) groups is 1. The van der Waals surface area contributed by atoms with Crippen LogP contribution in [0.3, 0.4) is 0 Å². The molecule has 0 amide bonds. The molecule has 0 aliphatic heterocycles. The van der Waals surface area contributed by atoms with Crippen molar-refractivity contribution in [3.63, 3.8) is 0 Å². The van der Waals surface area contributed by atoms with E-state index >= 15 is 0 Å². The van der Waals surface area contributed by atoms with Gasteiger partial charge in [0.05, 0.1) is 34.4 Å². The second-order valence-electron chi connectivity index (χ2n) is 16.8. The van der Waals surface area contributed by atoms with Crippen LogP contribution < -0.4 is 0 Å². The predicted molar refractivity (Wildman–Crippen MR) is 229 cm³/mol. The molecule has 0 fully saturated rings. The summed E-state index contributed by atoms with van der Waals surface area (Å²) in [5, 5.41) is 0. The number of unbranched alkanes of at least 4 members (excludes halogenated alkanes) is 27. The molecule has 0 aliphatic carbocycles. The van der Waals surface area contributed by atoms with E-state index in [2.05, 4.69) is 26.0 Å². The first kappa shape index (κ1) is 53.2. The Hall–Kier alpha value is -0.760. The van der Waals surface area contributed by atoms with E-state index in [9.17, 15) is 14.3 Å². The fraction of sp³-hybridized carbons (Fsp3) is 0.933. The molecule has 0 radical (unpaired) electrons. The Morgan fingerprint density at radius 3 is 1.41 bits per heavy atom. The number of esters is 1. The first-order valence-electron chi connectivity index (χ1n) is 22.9. The predicted octanol–water partition coefficient (Wildman–Crippen LogP) is 13.4. The van der Waals surface area contributed by atoms with E-state index in [1.54, 1.807) is 0 Å². The topological polar surface area (TPSA) is 91.3 Å². The third kappa shape index (κ3) is 42.4. The highest BCUT2D eigenvalue weighted by Gasteiger charge is 2.26. The summed E-state index contributed by atoms with van der Waals surface area (Å²) in [4.78, 5) is 22.9. The molecule has 0 aliphatic rings. The van der Waals surface area contributed by atoms with Gasteiger partial charge in [0, 0.05) is 13.0 Å². The van der Waals surface area contributed by atoms with Crippen LogP contribution in [-0.4, -0.2) is 75.6 Å². The smallest absolute Gasteiger partial charge is 0.457 e. The van der Waals surface area contributed by atoms with Gasteiger partial charge in [-0.25, -0.2) is 4.57 Å². The Balaban J connectivity index is 4.19. The lowest BCUT2D eigenvalue weighted by Gasteiger charge is -2.24. The number of hydrogen-bond acceptors (Lipinski definition) is 6. The first-order valence-corrected chi connectivity index (χ1v) is 24.4. The van der Waals surface area contributed by atoms with Crippen LogP contribution in [0.15, 0.2) is 12.2 Å². The normalized spacial score (nSPS) is 13.8. The van der Waals surface area contributed by atoms with Gasteiger partial charge in [0.15, 0.2) is 0 Å². The maximum atomic E-state index is 12.7. The minimum atomic E-state index is -4.27. The number of phosphoric acid groups is 1. The van der Waals surface area contributed by atoms with Crippen molar-refractivity contribution in [3.8, 4) is 0 Å². The van der Waals surface area contributed by atoms with Crippen molar-refractivity contribution >= 4 is 13.8 Å². The second kappa shape index (κ2) is 39.1. The summed E-state index contributed by atoms with van der Waals surface area (Å²) in [5.41, 5.74) is 0. The molecule has 0 aromatic rings. The number of nitrogens with zero attached hydrogens (tertiary/aromatic N) is 1. The summed E-state index contributed by atoms with van der Waals surface area (Å²) in [5.74, 6) is -0.312. The number of ether oxygens (including phenoxy) is 2. The molecule has 54 heavy (non-hydrogen) atoms. The molecular weight excluding hydrogens is 697 g/mol. The highest BCUT2D eigenvalue weighted by molar-refractivity contribution is 7.47. The van der Waals surface area contributed by atoms with Gasteiger partial charge in [-0.05, 0) is 38.5 Å². The van der Waals surface area contributed by atoms with Crippen molar-refractivity contribution in [2.24, 2.45) is 0 Å².